The molecular formula is C20H15BNO4. The summed E-state index contributed by atoms with van der Waals surface area (Å²) < 4.78 is 13.4. The maximum atomic E-state index is 12.5. The minimum absolute atomic E-state index is 0.0494. The van der Waals surface area contributed by atoms with Gasteiger partial charge < -0.3 is 9.31 Å². The lowest BCUT2D eigenvalue weighted by molar-refractivity contribution is -0.570. The highest BCUT2D eigenvalue weighted by molar-refractivity contribution is 6.94. The van der Waals surface area contributed by atoms with E-state index in [1.54, 1.807) is 12.3 Å². The molecule has 2 aromatic carbocycles. The first-order valence-electron chi connectivity index (χ1n) is 8.24. The van der Waals surface area contributed by atoms with Crippen LogP contribution in [-0.4, -0.2) is 12.5 Å². The molecule has 2 heterocycles. The number of pyridine rings is 1. The number of hydrogen-bond donors (Lipinski definition) is 0. The molecule has 1 aromatic heterocycles. The Morgan fingerprint density at radius 1 is 0.808 bits per heavy atom. The first-order valence-corrected chi connectivity index (χ1v) is 8.24. The SMILES string of the molecule is [O]c1ccc[n+](/C=C2/O[B-](c3ccccc3)(c3ccccc3)OC2=O)c1. The van der Waals surface area contributed by atoms with E-state index in [4.69, 9.17) is 9.31 Å². The molecule has 3 aromatic rings. The van der Waals surface area contributed by atoms with Crippen LogP contribution in [0.15, 0.2) is 90.9 Å². The van der Waals surface area contributed by atoms with Gasteiger partial charge in [-0.25, -0.2) is 4.79 Å². The van der Waals surface area contributed by atoms with Crippen molar-refractivity contribution in [1.82, 2.24) is 0 Å². The molecule has 0 unspecified atom stereocenters. The fourth-order valence-corrected chi connectivity index (χ4v) is 3.11. The quantitative estimate of drug-likeness (QED) is 0.413. The van der Waals surface area contributed by atoms with E-state index in [2.05, 4.69) is 0 Å². The minimum atomic E-state index is -2.18. The first kappa shape index (κ1) is 16.0. The number of nitrogens with zero attached hydrogens (tertiary/aromatic N) is 1. The molecule has 0 aliphatic carbocycles. The molecule has 1 fully saturated rings. The summed E-state index contributed by atoms with van der Waals surface area (Å²) in [6.45, 7) is -2.18. The van der Waals surface area contributed by atoms with Crippen molar-refractivity contribution < 1.29 is 23.8 Å². The largest absolute Gasteiger partial charge is 0.667 e. The maximum Gasteiger partial charge on any atom is 0.408 e. The van der Waals surface area contributed by atoms with Crippen molar-refractivity contribution in [2.45, 2.75) is 0 Å². The number of benzene rings is 2. The molecule has 0 spiro atoms. The van der Waals surface area contributed by atoms with E-state index in [0.29, 0.717) is 0 Å². The highest BCUT2D eigenvalue weighted by Crippen LogP contribution is 2.23. The second-order valence-corrected chi connectivity index (χ2v) is 6.04. The zero-order valence-corrected chi connectivity index (χ0v) is 13.8. The summed E-state index contributed by atoms with van der Waals surface area (Å²) in [6, 6.07) is 21.8. The van der Waals surface area contributed by atoms with Gasteiger partial charge in [0.1, 0.15) is 0 Å². The van der Waals surface area contributed by atoms with Crippen molar-refractivity contribution in [3.8, 4) is 5.75 Å². The third-order valence-electron chi connectivity index (χ3n) is 4.31. The lowest BCUT2D eigenvalue weighted by atomic mass is 9.46. The smallest absolute Gasteiger partial charge is 0.408 e. The normalized spacial score (nSPS) is 16.9. The van der Waals surface area contributed by atoms with Crippen molar-refractivity contribution in [1.29, 1.82) is 0 Å². The Bertz CT molecular complexity index is 934. The molecule has 1 radical (unpaired) electrons. The summed E-state index contributed by atoms with van der Waals surface area (Å²) in [4.78, 5) is 12.5. The molecule has 1 aliphatic heterocycles. The van der Waals surface area contributed by atoms with Crippen molar-refractivity contribution in [2.24, 2.45) is 0 Å². The van der Waals surface area contributed by atoms with Gasteiger partial charge >= 0.3 is 12.5 Å². The van der Waals surface area contributed by atoms with E-state index in [9.17, 15) is 9.90 Å². The molecule has 6 heteroatoms. The summed E-state index contributed by atoms with van der Waals surface area (Å²) in [6.07, 6.45) is 4.48. The predicted molar refractivity (Wildman–Crippen MR) is 96.1 cm³/mol. The lowest BCUT2D eigenvalue weighted by Gasteiger charge is -2.35. The number of carbonyl (C=O) groups excluding carboxylic acids is 1. The van der Waals surface area contributed by atoms with E-state index in [1.807, 2.05) is 60.7 Å². The van der Waals surface area contributed by atoms with Crippen molar-refractivity contribution in [3.05, 3.63) is 90.9 Å². The zero-order valence-electron chi connectivity index (χ0n) is 13.8. The van der Waals surface area contributed by atoms with Gasteiger partial charge in [0.15, 0.2) is 6.20 Å². The summed E-state index contributed by atoms with van der Waals surface area (Å²) in [5.41, 5.74) is 1.52. The van der Waals surface area contributed by atoms with Crippen LogP contribution in [0, 0.1) is 0 Å². The monoisotopic (exact) mass is 344 g/mol. The third kappa shape index (κ3) is 2.82. The summed E-state index contributed by atoms with van der Waals surface area (Å²) in [5.74, 6) is -0.687. The second kappa shape index (κ2) is 6.40. The van der Waals surface area contributed by atoms with Crippen LogP contribution in [-0.2, 0) is 19.2 Å². The zero-order chi connectivity index (χ0) is 18.0. The van der Waals surface area contributed by atoms with Gasteiger partial charge in [-0.15, -0.1) is 10.9 Å². The molecule has 127 valence electrons. The molecule has 26 heavy (non-hydrogen) atoms. The Balaban J connectivity index is 1.81. The molecule has 1 saturated heterocycles. The Morgan fingerprint density at radius 3 is 2.00 bits per heavy atom. The third-order valence-corrected chi connectivity index (χ3v) is 4.31. The summed E-state index contributed by atoms with van der Waals surface area (Å²) >= 11 is 0. The molecule has 0 atom stereocenters. The first-order chi connectivity index (χ1) is 12.7. The van der Waals surface area contributed by atoms with Gasteiger partial charge in [0.05, 0.1) is 0 Å². The van der Waals surface area contributed by atoms with E-state index in [-0.39, 0.29) is 11.5 Å². The van der Waals surface area contributed by atoms with Crippen molar-refractivity contribution >= 4 is 29.6 Å². The van der Waals surface area contributed by atoms with Crippen LogP contribution in [0.4, 0.5) is 0 Å². The van der Waals surface area contributed by atoms with Crippen LogP contribution in [0.1, 0.15) is 0 Å². The topological polar surface area (TPSA) is 59.3 Å². The van der Waals surface area contributed by atoms with Crippen LogP contribution < -0.4 is 15.5 Å². The Kier molecular flexibility index (Phi) is 3.93. The average molecular weight is 344 g/mol. The number of carbonyl (C=O) groups is 1. The van der Waals surface area contributed by atoms with Gasteiger partial charge in [-0.2, -0.15) is 4.57 Å². The van der Waals surface area contributed by atoms with Crippen LogP contribution in [0.2, 0.25) is 0 Å². The Labute approximate surface area is 150 Å². The molecule has 0 saturated carbocycles. The number of rotatable bonds is 3. The molecular weight excluding hydrogens is 329 g/mol. The minimum Gasteiger partial charge on any atom is -0.667 e. The van der Waals surface area contributed by atoms with Crippen LogP contribution in [0.25, 0.3) is 6.20 Å². The van der Waals surface area contributed by atoms with E-state index in [1.165, 1.54) is 23.0 Å². The van der Waals surface area contributed by atoms with Crippen LogP contribution in [0.3, 0.4) is 0 Å². The van der Waals surface area contributed by atoms with E-state index >= 15 is 0 Å². The van der Waals surface area contributed by atoms with Crippen LogP contribution in [0.5, 0.6) is 5.75 Å². The van der Waals surface area contributed by atoms with E-state index in [0.717, 1.165) is 10.9 Å². The summed E-state index contributed by atoms with van der Waals surface area (Å²) in [5, 5.41) is 11.5. The number of hydrogen-bond acceptors (Lipinski definition) is 3. The Morgan fingerprint density at radius 2 is 1.42 bits per heavy atom. The highest BCUT2D eigenvalue weighted by Gasteiger charge is 2.44. The highest BCUT2D eigenvalue weighted by atomic mass is 16.7. The van der Waals surface area contributed by atoms with Gasteiger partial charge in [0.25, 0.3) is 0 Å². The number of aromatic nitrogens is 1. The molecule has 4 rings (SSSR count). The van der Waals surface area contributed by atoms with Gasteiger partial charge in [0, 0.05) is 6.07 Å². The van der Waals surface area contributed by atoms with Crippen molar-refractivity contribution in [2.75, 3.05) is 0 Å². The maximum absolute atomic E-state index is 12.5. The molecule has 1 aliphatic rings. The fourth-order valence-electron chi connectivity index (χ4n) is 3.11. The molecule has 0 bridgehead atoms. The lowest BCUT2D eigenvalue weighted by Crippen LogP contribution is -2.60. The average Bonchev–Trinajstić information content (AvgIpc) is 3.01. The van der Waals surface area contributed by atoms with E-state index < -0.39 is 12.5 Å². The predicted octanol–water partition coefficient (Wildman–Crippen LogP) is 1.75. The van der Waals surface area contributed by atoms with Crippen molar-refractivity contribution in [3.63, 3.8) is 0 Å². The van der Waals surface area contributed by atoms with Gasteiger partial charge in [-0.05, 0) is 6.07 Å². The molecule has 5 nitrogen and oxygen atoms in total. The molecule has 0 amide bonds. The second-order valence-electron chi connectivity index (χ2n) is 6.04. The van der Waals surface area contributed by atoms with Gasteiger partial charge in [-0.3, -0.25) is 5.11 Å². The Hall–Kier alpha value is -3.54. The van der Waals surface area contributed by atoms with Crippen LogP contribution >= 0.6 is 0 Å². The van der Waals surface area contributed by atoms with Gasteiger partial charge in [-0.1, -0.05) is 60.7 Å². The van der Waals surface area contributed by atoms with Gasteiger partial charge in [0.2, 0.25) is 23.9 Å². The summed E-state index contributed by atoms with van der Waals surface area (Å²) in [7, 11) is 0. The standard InChI is InChI=1S/C20H15BNO4/c23-18-12-7-13-22(14-18)15-19-20(24)26-21(25-19,16-8-3-1-4-9-16)17-10-5-2-6-11-17/h1-15H/b19-15+. The fraction of sp³-hybridized carbons (Fsp3) is 0. The molecule has 0 N–H and O–H groups in total.